The van der Waals surface area contributed by atoms with Crippen LogP contribution in [0.15, 0.2) is 53.6 Å². The summed E-state index contributed by atoms with van der Waals surface area (Å²) in [5.41, 5.74) is -0.718. The number of halogens is 3. The minimum absolute atomic E-state index is 0.337. The summed E-state index contributed by atoms with van der Waals surface area (Å²) in [6.07, 6.45) is -2.96. The van der Waals surface area contributed by atoms with Crippen LogP contribution in [-0.4, -0.2) is 39.4 Å². The van der Waals surface area contributed by atoms with Gasteiger partial charge in [0.15, 0.2) is 5.60 Å². The minimum Gasteiger partial charge on any atom is -0.381 e. The Bertz CT molecular complexity index is 974. The molecule has 28 heavy (non-hydrogen) atoms. The van der Waals surface area contributed by atoms with E-state index in [0.717, 1.165) is 21.7 Å². The summed E-state index contributed by atoms with van der Waals surface area (Å²) >= 11 is 1.65. The van der Waals surface area contributed by atoms with E-state index < -0.39 is 18.3 Å². The highest BCUT2D eigenvalue weighted by atomic mass is 32.2. The van der Waals surface area contributed by atoms with Gasteiger partial charge in [-0.25, -0.2) is 0 Å². The van der Waals surface area contributed by atoms with Crippen molar-refractivity contribution in [3.8, 4) is 0 Å². The van der Waals surface area contributed by atoms with Crippen LogP contribution in [0.3, 0.4) is 0 Å². The highest BCUT2D eigenvalue weighted by Gasteiger charge is 2.54. The molecule has 2 heterocycles. The summed E-state index contributed by atoms with van der Waals surface area (Å²) in [6.45, 7) is -0.618. The van der Waals surface area contributed by atoms with E-state index in [4.69, 9.17) is 0 Å². The number of H-pyrrole nitrogens is 1. The summed E-state index contributed by atoms with van der Waals surface area (Å²) in [6, 6.07) is 12.7. The van der Waals surface area contributed by atoms with Gasteiger partial charge in [0.1, 0.15) is 0 Å². The Balaban J connectivity index is 1.58. The van der Waals surface area contributed by atoms with Gasteiger partial charge >= 0.3 is 6.18 Å². The number of alkyl halides is 3. The predicted octanol–water partition coefficient (Wildman–Crippen LogP) is 4.94. The van der Waals surface area contributed by atoms with Crippen molar-refractivity contribution in [2.75, 3.05) is 17.6 Å². The first kappa shape index (κ1) is 19.1. The van der Waals surface area contributed by atoms with Crippen molar-refractivity contribution in [3.63, 3.8) is 0 Å². The third-order valence-electron chi connectivity index (χ3n) is 5.25. The van der Waals surface area contributed by atoms with Crippen molar-refractivity contribution in [1.29, 1.82) is 0 Å². The molecule has 148 valence electrons. The molecule has 0 amide bonds. The first-order valence-corrected chi connectivity index (χ1v) is 10.0. The van der Waals surface area contributed by atoms with Crippen LogP contribution in [0.25, 0.3) is 10.9 Å². The maximum atomic E-state index is 13.9. The topological polar surface area (TPSA) is 60.9 Å². The number of fused-ring (bicyclic) bond motifs is 2. The number of benzene rings is 2. The normalized spacial score (nSPS) is 19.2. The fraction of sp³-hybridized carbons (Fsp3) is 0.350. The number of nitrogens with zero attached hydrogens (tertiary/aromatic N) is 1. The molecule has 0 bridgehead atoms. The predicted molar refractivity (Wildman–Crippen MR) is 105 cm³/mol. The number of rotatable bonds is 5. The van der Waals surface area contributed by atoms with E-state index in [-0.39, 0.29) is 12.3 Å². The van der Waals surface area contributed by atoms with E-state index in [1.807, 2.05) is 24.3 Å². The fourth-order valence-electron chi connectivity index (χ4n) is 3.69. The largest absolute Gasteiger partial charge is 0.418 e. The van der Waals surface area contributed by atoms with Crippen molar-refractivity contribution in [2.45, 2.75) is 35.4 Å². The van der Waals surface area contributed by atoms with Gasteiger partial charge in [-0.2, -0.15) is 18.3 Å². The number of thioether (sulfide) groups is 1. The van der Waals surface area contributed by atoms with E-state index in [0.29, 0.717) is 17.5 Å². The molecule has 0 spiro atoms. The quantitative estimate of drug-likeness (QED) is 0.561. The van der Waals surface area contributed by atoms with Crippen LogP contribution >= 0.6 is 11.8 Å². The summed E-state index contributed by atoms with van der Waals surface area (Å²) in [7, 11) is 0. The molecule has 1 aliphatic rings. The molecule has 0 fully saturated rings. The smallest absolute Gasteiger partial charge is 0.381 e. The van der Waals surface area contributed by atoms with E-state index >= 15 is 0 Å². The first-order valence-electron chi connectivity index (χ1n) is 9.04. The third-order valence-corrected chi connectivity index (χ3v) is 6.37. The van der Waals surface area contributed by atoms with Gasteiger partial charge in [-0.05, 0) is 48.3 Å². The molecule has 1 aromatic heterocycles. The zero-order valence-electron chi connectivity index (χ0n) is 15.0. The Morgan fingerprint density at radius 2 is 2.00 bits per heavy atom. The van der Waals surface area contributed by atoms with Crippen LogP contribution in [0.4, 0.5) is 18.9 Å². The molecule has 1 aliphatic heterocycles. The number of hydrogen-bond donors (Lipinski definition) is 3. The molecule has 8 heteroatoms. The molecular weight excluding hydrogens is 387 g/mol. The number of hydrogen-bond acceptors (Lipinski definition) is 4. The Labute approximate surface area is 164 Å². The maximum absolute atomic E-state index is 13.9. The van der Waals surface area contributed by atoms with Crippen molar-refractivity contribution < 1.29 is 18.3 Å². The van der Waals surface area contributed by atoms with Crippen LogP contribution < -0.4 is 5.32 Å². The van der Waals surface area contributed by atoms with Crippen molar-refractivity contribution in [3.05, 3.63) is 54.2 Å². The minimum atomic E-state index is -4.75. The second-order valence-corrected chi connectivity index (χ2v) is 8.23. The lowest BCUT2D eigenvalue weighted by molar-refractivity contribution is -0.258. The standard InChI is InChI=1S/C20H20F3N3OS/c21-20(22,23)19(27,10-13-8-9-28-18-7-2-1-4-14(13)18)12-24-16-5-3-6-17-15(16)11-25-26-17/h1-7,11,13,24,27H,8-10,12H2,(H,25,26). The number of aliphatic hydroxyl groups is 1. The van der Waals surface area contributed by atoms with Gasteiger partial charge in [0.25, 0.3) is 0 Å². The lowest BCUT2D eigenvalue weighted by Crippen LogP contribution is -2.51. The number of anilines is 1. The summed E-state index contributed by atoms with van der Waals surface area (Å²) in [5.74, 6) is 0.410. The van der Waals surface area contributed by atoms with Crippen LogP contribution in [0, 0.1) is 0 Å². The Morgan fingerprint density at radius 3 is 2.82 bits per heavy atom. The van der Waals surface area contributed by atoms with Crippen LogP contribution in [0.5, 0.6) is 0 Å². The summed E-state index contributed by atoms with van der Waals surface area (Å²) in [4.78, 5) is 0.999. The van der Waals surface area contributed by atoms with Crippen molar-refractivity contribution in [2.24, 2.45) is 0 Å². The molecular formula is C20H20F3N3OS. The van der Waals surface area contributed by atoms with E-state index in [2.05, 4.69) is 15.5 Å². The number of aromatic nitrogens is 2. The maximum Gasteiger partial charge on any atom is 0.418 e. The van der Waals surface area contributed by atoms with E-state index in [9.17, 15) is 18.3 Å². The summed E-state index contributed by atoms with van der Waals surface area (Å²) < 4.78 is 41.6. The van der Waals surface area contributed by atoms with Crippen molar-refractivity contribution in [1.82, 2.24) is 10.2 Å². The molecule has 2 aromatic carbocycles. The zero-order chi connectivity index (χ0) is 19.8. The SMILES string of the molecule is OC(CNc1cccc2[nH]ncc12)(CC1CCSc2ccccc21)C(F)(F)F. The van der Waals surface area contributed by atoms with Gasteiger partial charge in [-0.1, -0.05) is 24.3 Å². The third kappa shape index (κ3) is 3.58. The average Bonchev–Trinajstić information content (AvgIpc) is 3.15. The van der Waals surface area contributed by atoms with Crippen LogP contribution in [0.1, 0.15) is 24.3 Å². The molecule has 2 unspecified atom stereocenters. The van der Waals surface area contributed by atoms with Gasteiger partial charge in [0.05, 0.1) is 18.3 Å². The monoisotopic (exact) mass is 407 g/mol. The zero-order valence-corrected chi connectivity index (χ0v) is 15.8. The van der Waals surface area contributed by atoms with Gasteiger partial charge in [-0.15, -0.1) is 11.8 Å². The number of aromatic amines is 1. The van der Waals surface area contributed by atoms with Gasteiger partial charge in [-0.3, -0.25) is 5.10 Å². The molecule has 0 radical (unpaired) electrons. The Hall–Kier alpha value is -2.19. The van der Waals surface area contributed by atoms with Crippen molar-refractivity contribution >= 4 is 28.4 Å². The second-order valence-electron chi connectivity index (χ2n) is 7.10. The molecule has 0 saturated heterocycles. The lowest BCUT2D eigenvalue weighted by Gasteiger charge is -2.36. The Kier molecular flexibility index (Phi) is 5.01. The molecule has 2 atom stereocenters. The highest BCUT2D eigenvalue weighted by molar-refractivity contribution is 7.99. The average molecular weight is 407 g/mol. The lowest BCUT2D eigenvalue weighted by atomic mass is 9.83. The second kappa shape index (κ2) is 7.33. The van der Waals surface area contributed by atoms with Crippen LogP contribution in [0.2, 0.25) is 0 Å². The molecule has 0 aliphatic carbocycles. The first-order chi connectivity index (χ1) is 13.4. The van der Waals surface area contributed by atoms with Gasteiger partial charge in [0, 0.05) is 16.0 Å². The summed E-state index contributed by atoms with van der Waals surface area (Å²) in [5, 5.41) is 20.9. The molecule has 4 nitrogen and oxygen atoms in total. The molecule has 4 rings (SSSR count). The van der Waals surface area contributed by atoms with Gasteiger partial charge in [0.2, 0.25) is 0 Å². The Morgan fingerprint density at radius 1 is 1.18 bits per heavy atom. The molecule has 3 N–H and O–H groups in total. The fourth-order valence-corrected chi connectivity index (χ4v) is 4.89. The van der Waals surface area contributed by atoms with Crippen LogP contribution in [-0.2, 0) is 0 Å². The van der Waals surface area contributed by atoms with E-state index in [1.165, 1.54) is 0 Å². The highest BCUT2D eigenvalue weighted by Crippen LogP contribution is 2.45. The number of nitrogens with one attached hydrogen (secondary N) is 2. The van der Waals surface area contributed by atoms with E-state index in [1.54, 1.807) is 36.2 Å². The molecule has 0 saturated carbocycles. The van der Waals surface area contributed by atoms with Gasteiger partial charge < -0.3 is 10.4 Å². The molecule has 3 aromatic rings.